The summed E-state index contributed by atoms with van der Waals surface area (Å²) < 4.78 is 33.3. The summed E-state index contributed by atoms with van der Waals surface area (Å²) >= 11 is 0. The number of halogens is 1. The third-order valence-electron chi connectivity index (χ3n) is 5.93. The molecule has 174 valence electrons. The molecule has 2 aromatic carbocycles. The summed E-state index contributed by atoms with van der Waals surface area (Å²) in [5.74, 6) is -4.61. The number of esters is 2. The number of benzene rings is 2. The van der Waals surface area contributed by atoms with Crippen molar-refractivity contribution in [3.63, 3.8) is 0 Å². The lowest BCUT2D eigenvalue weighted by Gasteiger charge is -2.24. The molecule has 1 aromatic heterocycles. The van der Waals surface area contributed by atoms with E-state index in [2.05, 4.69) is 4.98 Å². The Morgan fingerprint density at radius 2 is 1.65 bits per heavy atom. The molecular weight excluding hydrogens is 445 g/mol. The van der Waals surface area contributed by atoms with Crippen molar-refractivity contribution in [1.82, 2.24) is 9.55 Å². The highest BCUT2D eigenvalue weighted by Crippen LogP contribution is 2.65. The minimum absolute atomic E-state index is 0.00126. The van der Waals surface area contributed by atoms with Gasteiger partial charge in [0.25, 0.3) is 0 Å². The Morgan fingerprint density at radius 1 is 1.03 bits per heavy atom. The van der Waals surface area contributed by atoms with E-state index in [-0.39, 0.29) is 18.0 Å². The smallest absolute Gasteiger partial charge is 0.349 e. The fraction of sp³-hybridized carbons (Fsp3) is 0.250. The summed E-state index contributed by atoms with van der Waals surface area (Å²) in [5, 5.41) is 0. The summed E-state index contributed by atoms with van der Waals surface area (Å²) in [4.78, 5) is 41.0. The Hall–Kier alpha value is -4.05. The molecule has 2 heterocycles. The second-order valence-electron chi connectivity index (χ2n) is 8.07. The maximum absolute atomic E-state index is 15.7. The number of carbonyl (C=O) groups is 2. The Morgan fingerprint density at radius 3 is 2.26 bits per heavy atom. The lowest BCUT2D eigenvalue weighted by atomic mass is 10.1. The molecular formula is C24H20FN3O6. The standard InChI is InChI=1S/C24H20FN3O6/c25-24-18(20(24)28-12-11-17(26)27-23(28)31)19(33-22(30)15-9-5-2-6-10-15)16(34-24)13-32-21(29)14-7-3-1-4-8-14/h1-12,16,18-20H,13H2,(H2,26,27,31)/t16-,18?,19?,20+,24?/m1/s1. The summed E-state index contributed by atoms with van der Waals surface area (Å²) in [6.07, 6.45) is -0.862. The number of aromatic nitrogens is 2. The number of hydrogen-bond donors (Lipinski definition) is 1. The highest BCUT2D eigenvalue weighted by atomic mass is 19.2. The summed E-state index contributed by atoms with van der Waals surface area (Å²) in [6, 6.07) is 16.8. The largest absolute Gasteiger partial charge is 0.459 e. The van der Waals surface area contributed by atoms with Gasteiger partial charge in [-0.25, -0.2) is 18.8 Å². The molecule has 34 heavy (non-hydrogen) atoms. The lowest BCUT2D eigenvalue weighted by molar-refractivity contribution is -0.124. The van der Waals surface area contributed by atoms with Crippen LogP contribution < -0.4 is 11.4 Å². The van der Waals surface area contributed by atoms with Gasteiger partial charge >= 0.3 is 17.6 Å². The van der Waals surface area contributed by atoms with Crippen LogP contribution in [0, 0.1) is 5.92 Å². The number of fused-ring (bicyclic) bond motifs is 1. The van der Waals surface area contributed by atoms with Gasteiger partial charge in [0.2, 0.25) is 5.85 Å². The third kappa shape index (κ3) is 3.81. The van der Waals surface area contributed by atoms with E-state index in [9.17, 15) is 14.4 Å². The molecule has 10 heteroatoms. The molecule has 3 unspecified atom stereocenters. The molecule has 5 atom stereocenters. The van der Waals surface area contributed by atoms with Crippen LogP contribution in [0.5, 0.6) is 0 Å². The molecule has 0 amide bonds. The zero-order valence-electron chi connectivity index (χ0n) is 17.7. The van der Waals surface area contributed by atoms with Crippen molar-refractivity contribution < 1.29 is 28.2 Å². The van der Waals surface area contributed by atoms with Crippen molar-refractivity contribution >= 4 is 17.8 Å². The number of nitrogens with two attached hydrogens (primary N) is 1. The molecule has 5 rings (SSSR count). The molecule has 1 saturated carbocycles. The molecule has 0 spiro atoms. The summed E-state index contributed by atoms with van der Waals surface area (Å²) in [6.45, 7) is -0.343. The van der Waals surface area contributed by atoms with Crippen molar-refractivity contribution in [1.29, 1.82) is 0 Å². The van der Waals surface area contributed by atoms with Crippen molar-refractivity contribution in [3.8, 4) is 0 Å². The Balaban J connectivity index is 1.38. The van der Waals surface area contributed by atoms with Crippen LogP contribution in [-0.4, -0.2) is 46.2 Å². The van der Waals surface area contributed by atoms with Gasteiger partial charge in [0.1, 0.15) is 30.7 Å². The normalized spacial score (nSPS) is 27.0. The molecule has 0 bridgehead atoms. The summed E-state index contributed by atoms with van der Waals surface area (Å²) in [7, 11) is 0. The minimum atomic E-state index is -2.30. The van der Waals surface area contributed by atoms with Gasteiger partial charge in [-0.15, -0.1) is 0 Å². The van der Waals surface area contributed by atoms with Gasteiger partial charge in [0, 0.05) is 6.20 Å². The van der Waals surface area contributed by atoms with E-state index in [1.807, 2.05) is 0 Å². The fourth-order valence-corrected chi connectivity index (χ4v) is 4.28. The molecule has 1 aliphatic heterocycles. The van der Waals surface area contributed by atoms with E-state index in [4.69, 9.17) is 19.9 Å². The maximum atomic E-state index is 15.7. The number of hydrogen-bond acceptors (Lipinski definition) is 8. The van der Waals surface area contributed by atoms with Crippen LogP contribution in [0.25, 0.3) is 0 Å². The molecule has 2 aliphatic rings. The van der Waals surface area contributed by atoms with Crippen LogP contribution in [0.4, 0.5) is 10.2 Å². The first kappa shape index (κ1) is 21.8. The van der Waals surface area contributed by atoms with Crippen molar-refractivity contribution in [3.05, 3.63) is 94.5 Å². The number of rotatable bonds is 6. The van der Waals surface area contributed by atoms with E-state index < -0.39 is 47.7 Å². The van der Waals surface area contributed by atoms with E-state index >= 15 is 4.39 Å². The Labute approximate surface area is 192 Å². The third-order valence-corrected chi connectivity index (χ3v) is 5.93. The predicted octanol–water partition coefficient (Wildman–Crippen LogP) is 2.14. The zero-order chi connectivity index (χ0) is 23.9. The quantitative estimate of drug-likeness (QED) is 0.550. The van der Waals surface area contributed by atoms with E-state index in [0.717, 1.165) is 4.57 Å². The first-order valence-corrected chi connectivity index (χ1v) is 10.6. The minimum Gasteiger partial charge on any atom is -0.459 e. The number of nitrogen functional groups attached to an aromatic ring is 1. The Kier molecular flexibility index (Phi) is 5.37. The second kappa shape index (κ2) is 8.38. The number of carbonyl (C=O) groups excluding carboxylic acids is 2. The van der Waals surface area contributed by atoms with Gasteiger partial charge in [-0.3, -0.25) is 4.57 Å². The van der Waals surface area contributed by atoms with Crippen LogP contribution >= 0.6 is 0 Å². The molecule has 2 N–H and O–H groups in total. The maximum Gasteiger partial charge on any atom is 0.349 e. The monoisotopic (exact) mass is 465 g/mol. The lowest BCUT2D eigenvalue weighted by Crippen LogP contribution is -2.38. The van der Waals surface area contributed by atoms with Gasteiger partial charge in [-0.2, -0.15) is 4.98 Å². The zero-order valence-corrected chi connectivity index (χ0v) is 17.7. The molecule has 0 radical (unpaired) electrons. The topological polar surface area (TPSA) is 123 Å². The molecule has 3 aromatic rings. The van der Waals surface area contributed by atoms with Crippen LogP contribution in [-0.2, 0) is 14.2 Å². The first-order valence-electron chi connectivity index (χ1n) is 10.6. The number of alkyl halides is 1. The van der Waals surface area contributed by atoms with Gasteiger partial charge < -0.3 is 19.9 Å². The molecule has 9 nitrogen and oxygen atoms in total. The number of nitrogens with zero attached hydrogens (tertiary/aromatic N) is 2. The average molecular weight is 465 g/mol. The second-order valence-corrected chi connectivity index (χ2v) is 8.07. The van der Waals surface area contributed by atoms with E-state index in [1.165, 1.54) is 12.3 Å². The first-order chi connectivity index (χ1) is 16.4. The highest BCUT2D eigenvalue weighted by Gasteiger charge is 2.80. The van der Waals surface area contributed by atoms with Crippen molar-refractivity contribution in [2.75, 3.05) is 12.3 Å². The highest BCUT2D eigenvalue weighted by molar-refractivity contribution is 5.90. The van der Waals surface area contributed by atoms with Crippen molar-refractivity contribution in [2.45, 2.75) is 24.1 Å². The fourth-order valence-electron chi connectivity index (χ4n) is 4.28. The van der Waals surface area contributed by atoms with Crippen LogP contribution in [0.15, 0.2) is 77.7 Å². The van der Waals surface area contributed by atoms with Crippen LogP contribution in [0.2, 0.25) is 0 Å². The van der Waals surface area contributed by atoms with E-state index in [0.29, 0.717) is 5.56 Å². The predicted molar refractivity (Wildman–Crippen MR) is 117 cm³/mol. The number of anilines is 1. The summed E-state index contributed by atoms with van der Waals surface area (Å²) in [5.41, 5.74) is 5.36. The average Bonchev–Trinajstić information content (AvgIpc) is 3.33. The van der Waals surface area contributed by atoms with Gasteiger partial charge in [-0.1, -0.05) is 36.4 Å². The van der Waals surface area contributed by atoms with Crippen LogP contribution in [0.3, 0.4) is 0 Å². The van der Waals surface area contributed by atoms with Gasteiger partial charge in [-0.05, 0) is 30.3 Å². The van der Waals surface area contributed by atoms with Gasteiger partial charge in [0.05, 0.1) is 17.0 Å². The molecule has 2 fully saturated rings. The molecule has 1 saturated heterocycles. The SMILES string of the molecule is Nc1ccn([C@H]2C3C(OC(=O)c4ccccc4)[C@@H](COC(=O)c4ccccc4)OC32F)c(=O)n1. The Bertz CT molecular complexity index is 1280. The van der Waals surface area contributed by atoms with E-state index in [1.54, 1.807) is 60.7 Å². The van der Waals surface area contributed by atoms with Crippen LogP contribution in [0.1, 0.15) is 26.8 Å². The molecule has 1 aliphatic carbocycles. The van der Waals surface area contributed by atoms with Crippen molar-refractivity contribution in [2.24, 2.45) is 5.92 Å². The number of ether oxygens (including phenoxy) is 3. The van der Waals surface area contributed by atoms with Gasteiger partial charge in [0.15, 0.2) is 0 Å².